The van der Waals surface area contributed by atoms with Crippen molar-refractivity contribution < 1.29 is 23.5 Å². The van der Waals surface area contributed by atoms with E-state index in [2.05, 4.69) is 10.3 Å². The number of aryl methyl sites for hydroxylation is 1. The number of anilines is 1. The number of carbonyl (C=O) groups is 3. The molecule has 1 aromatic carbocycles. The Balaban J connectivity index is 1.48. The smallest absolute Gasteiger partial charge is 0.417 e. The number of fused-ring (bicyclic) bond motifs is 2. The van der Waals surface area contributed by atoms with Crippen LogP contribution in [0.3, 0.4) is 0 Å². The van der Waals surface area contributed by atoms with Gasteiger partial charge in [0.2, 0.25) is 11.8 Å². The molecule has 0 radical (unpaired) electrons. The third kappa shape index (κ3) is 6.17. The molecule has 3 heterocycles. The fraction of sp³-hybridized carbons (Fsp3) is 0.357. The van der Waals surface area contributed by atoms with Crippen molar-refractivity contribution in [2.45, 2.75) is 52.8 Å². The summed E-state index contributed by atoms with van der Waals surface area (Å²) in [4.78, 5) is 45.2. The van der Waals surface area contributed by atoms with Crippen LogP contribution < -0.4 is 5.32 Å². The van der Waals surface area contributed by atoms with E-state index in [0.29, 0.717) is 30.0 Å². The monoisotopic (exact) mass is 504 g/mol. The van der Waals surface area contributed by atoms with Gasteiger partial charge in [-0.2, -0.15) is 0 Å². The molecular weight excluding hydrogens is 472 g/mol. The van der Waals surface area contributed by atoms with E-state index >= 15 is 0 Å². The van der Waals surface area contributed by atoms with E-state index in [-0.39, 0.29) is 24.8 Å². The molecule has 0 saturated heterocycles. The van der Waals surface area contributed by atoms with Crippen LogP contribution in [0.25, 0.3) is 17.0 Å². The lowest BCUT2D eigenvalue weighted by atomic mass is 10.1. The van der Waals surface area contributed by atoms with Crippen molar-refractivity contribution in [2.24, 2.45) is 0 Å². The molecule has 1 N–H and O–H groups in total. The third-order valence-corrected chi connectivity index (χ3v) is 5.98. The Kier molecular flexibility index (Phi) is 7.33. The van der Waals surface area contributed by atoms with Gasteiger partial charge in [0, 0.05) is 48.8 Å². The normalized spacial score (nSPS) is 14.2. The summed E-state index contributed by atoms with van der Waals surface area (Å²) in [5.74, 6) is 0.800. The number of carbonyl (C=O) groups excluding carboxylic acids is 3. The van der Waals surface area contributed by atoms with Crippen LogP contribution in [0, 0.1) is 6.92 Å². The summed E-state index contributed by atoms with van der Waals surface area (Å²) in [5.41, 5.74) is 2.41. The van der Waals surface area contributed by atoms with Gasteiger partial charge < -0.3 is 19.4 Å². The number of amides is 3. The van der Waals surface area contributed by atoms with Gasteiger partial charge in [0.25, 0.3) is 0 Å². The van der Waals surface area contributed by atoms with Crippen LogP contribution in [-0.4, -0.2) is 51.9 Å². The van der Waals surface area contributed by atoms with Gasteiger partial charge in [-0.3, -0.25) is 9.59 Å². The molecule has 3 aromatic rings. The molecule has 1 aliphatic heterocycles. The fourth-order valence-electron chi connectivity index (χ4n) is 4.03. The first-order valence-corrected chi connectivity index (χ1v) is 12.2. The quantitative estimate of drug-likeness (QED) is 0.505. The van der Waals surface area contributed by atoms with Crippen molar-refractivity contribution in [2.75, 3.05) is 18.9 Å². The van der Waals surface area contributed by atoms with Gasteiger partial charge in [-0.15, -0.1) is 0 Å². The summed E-state index contributed by atoms with van der Waals surface area (Å²) in [7, 11) is 1.71. The summed E-state index contributed by atoms with van der Waals surface area (Å²) in [6.07, 6.45) is 4.22. The highest BCUT2D eigenvalue weighted by Gasteiger charge is 2.29. The Morgan fingerprint density at radius 2 is 2.03 bits per heavy atom. The van der Waals surface area contributed by atoms with E-state index in [4.69, 9.17) is 9.15 Å². The zero-order valence-electron chi connectivity index (χ0n) is 21.8. The number of rotatable bonds is 4. The topological polar surface area (TPSA) is 105 Å². The van der Waals surface area contributed by atoms with Crippen molar-refractivity contribution in [1.82, 2.24) is 14.8 Å². The van der Waals surface area contributed by atoms with E-state index in [1.165, 1.54) is 6.08 Å². The van der Waals surface area contributed by atoms with Crippen LogP contribution in [0.2, 0.25) is 0 Å². The number of nitrogens with one attached hydrogen (secondary N) is 1. The zero-order valence-corrected chi connectivity index (χ0v) is 21.8. The van der Waals surface area contributed by atoms with E-state index in [1.54, 1.807) is 51.1 Å². The Morgan fingerprint density at radius 1 is 1.27 bits per heavy atom. The molecular formula is C28H32N4O5. The molecule has 2 aromatic heterocycles. The Morgan fingerprint density at radius 3 is 2.76 bits per heavy atom. The molecule has 0 spiro atoms. The Labute approximate surface area is 216 Å². The molecule has 0 fully saturated rings. The van der Waals surface area contributed by atoms with E-state index in [9.17, 15) is 14.4 Å². The van der Waals surface area contributed by atoms with Gasteiger partial charge in [0.1, 0.15) is 22.8 Å². The Bertz CT molecular complexity index is 1370. The SMILES string of the molecule is Cc1c(CN(C)C(=O)/C=C/c2cnc3c(c2)CN(C(=O)OC(C)(C)C)C(=O)CCN3)oc2ccccc12. The Hall–Kier alpha value is -4.14. The minimum Gasteiger partial charge on any atom is -0.459 e. The number of benzene rings is 1. The molecule has 0 atom stereocenters. The summed E-state index contributed by atoms with van der Waals surface area (Å²) in [6, 6.07) is 9.59. The molecule has 0 unspecified atom stereocenters. The van der Waals surface area contributed by atoms with Gasteiger partial charge in [0.15, 0.2) is 0 Å². The first-order chi connectivity index (χ1) is 17.5. The molecule has 194 valence electrons. The number of pyridine rings is 1. The van der Waals surface area contributed by atoms with Crippen molar-refractivity contribution >= 4 is 40.8 Å². The van der Waals surface area contributed by atoms with Gasteiger partial charge in [0.05, 0.1) is 13.1 Å². The predicted molar refractivity (Wildman–Crippen MR) is 141 cm³/mol. The van der Waals surface area contributed by atoms with Crippen LogP contribution in [-0.2, 0) is 27.4 Å². The van der Waals surface area contributed by atoms with Crippen molar-refractivity contribution in [1.29, 1.82) is 0 Å². The molecule has 4 rings (SSSR count). The predicted octanol–water partition coefficient (Wildman–Crippen LogP) is 4.89. The van der Waals surface area contributed by atoms with Crippen molar-refractivity contribution in [3.63, 3.8) is 0 Å². The highest BCUT2D eigenvalue weighted by molar-refractivity contribution is 5.93. The first-order valence-electron chi connectivity index (χ1n) is 12.2. The molecule has 9 nitrogen and oxygen atoms in total. The maximum Gasteiger partial charge on any atom is 0.417 e. The van der Waals surface area contributed by atoms with Gasteiger partial charge in [-0.25, -0.2) is 14.7 Å². The molecule has 0 bridgehead atoms. The van der Waals surface area contributed by atoms with Gasteiger partial charge >= 0.3 is 6.09 Å². The number of nitrogens with zero attached hydrogens (tertiary/aromatic N) is 3. The molecule has 37 heavy (non-hydrogen) atoms. The summed E-state index contributed by atoms with van der Waals surface area (Å²) < 4.78 is 11.4. The first kappa shape index (κ1) is 25.9. The summed E-state index contributed by atoms with van der Waals surface area (Å²) >= 11 is 0. The number of aromatic nitrogens is 1. The van der Waals surface area contributed by atoms with Crippen LogP contribution in [0.1, 0.15) is 49.6 Å². The maximum absolute atomic E-state index is 12.8. The highest BCUT2D eigenvalue weighted by atomic mass is 16.6. The number of ether oxygens (including phenoxy) is 1. The third-order valence-electron chi connectivity index (χ3n) is 5.98. The fourth-order valence-corrected chi connectivity index (χ4v) is 4.03. The number of para-hydroxylation sites is 1. The summed E-state index contributed by atoms with van der Waals surface area (Å²) in [6.45, 7) is 7.94. The van der Waals surface area contributed by atoms with E-state index in [1.807, 2.05) is 31.2 Å². The second-order valence-corrected chi connectivity index (χ2v) is 10.1. The molecule has 9 heteroatoms. The largest absolute Gasteiger partial charge is 0.459 e. The summed E-state index contributed by atoms with van der Waals surface area (Å²) in [5, 5.41) is 4.17. The molecule has 1 aliphatic rings. The molecule has 3 amide bonds. The number of imide groups is 1. The van der Waals surface area contributed by atoms with E-state index < -0.39 is 11.7 Å². The lowest BCUT2D eigenvalue weighted by Crippen LogP contribution is -2.42. The van der Waals surface area contributed by atoms with Crippen LogP contribution in [0.15, 0.2) is 47.0 Å². The lowest BCUT2D eigenvalue weighted by molar-refractivity contribution is -0.130. The second kappa shape index (κ2) is 10.5. The molecule has 0 saturated carbocycles. The average molecular weight is 505 g/mol. The lowest BCUT2D eigenvalue weighted by Gasteiger charge is -2.28. The second-order valence-electron chi connectivity index (χ2n) is 10.1. The van der Waals surface area contributed by atoms with Crippen molar-refractivity contribution in [3.8, 4) is 0 Å². The number of hydrogen-bond donors (Lipinski definition) is 1. The average Bonchev–Trinajstić information content (AvgIpc) is 3.14. The minimum absolute atomic E-state index is 0.0178. The zero-order chi connectivity index (χ0) is 26.7. The standard InChI is InChI=1S/C28H32N4O5/c1-18-21-8-6-7-9-22(21)36-23(18)17-31(5)24(33)11-10-19-14-20-16-32(27(35)37-28(2,3)4)25(34)12-13-29-26(20)30-15-19/h6-11,14-15H,12-13,16-17H2,1-5H3,(H,29,30)/b11-10+. The number of hydrogen-bond acceptors (Lipinski definition) is 7. The van der Waals surface area contributed by atoms with E-state index in [0.717, 1.165) is 27.2 Å². The molecule has 0 aliphatic carbocycles. The van der Waals surface area contributed by atoms with Gasteiger partial charge in [-0.1, -0.05) is 18.2 Å². The maximum atomic E-state index is 12.8. The highest BCUT2D eigenvalue weighted by Crippen LogP contribution is 2.26. The van der Waals surface area contributed by atoms with Crippen LogP contribution in [0.5, 0.6) is 0 Å². The number of likely N-dealkylation sites (N-methyl/N-ethyl adjacent to an activating group) is 1. The van der Waals surface area contributed by atoms with Gasteiger partial charge in [-0.05, 0) is 51.5 Å². The van der Waals surface area contributed by atoms with Crippen LogP contribution >= 0.6 is 0 Å². The van der Waals surface area contributed by atoms with Crippen LogP contribution in [0.4, 0.5) is 10.6 Å². The minimum atomic E-state index is -0.725. The number of furan rings is 1. The van der Waals surface area contributed by atoms with Crippen molar-refractivity contribution in [3.05, 3.63) is 65.1 Å².